The standard InChI is InChI=1S/C21H21FN2O2/c1-14-8-10-24(15(2)25)13-19(14)17-5-3-16(4-6-17)11-21(26)18-7-9-23-12-20(18)22/h3-7,9,12H,8,10-11,13H2,1-2H3. The summed E-state index contributed by atoms with van der Waals surface area (Å²) in [5, 5.41) is 0. The maximum Gasteiger partial charge on any atom is 0.219 e. The van der Waals surface area contributed by atoms with Gasteiger partial charge in [-0.2, -0.15) is 0 Å². The second-order valence-electron chi connectivity index (χ2n) is 6.60. The lowest BCUT2D eigenvalue weighted by atomic mass is 9.93. The summed E-state index contributed by atoms with van der Waals surface area (Å²) in [6.45, 7) is 5.05. The van der Waals surface area contributed by atoms with E-state index in [0.29, 0.717) is 6.54 Å². The van der Waals surface area contributed by atoms with E-state index >= 15 is 0 Å². The Morgan fingerprint density at radius 1 is 1.19 bits per heavy atom. The SMILES string of the molecule is CC(=O)N1CCC(C)=C(c2ccc(CC(=O)c3ccncc3F)cc2)C1. The lowest BCUT2D eigenvalue weighted by Gasteiger charge is -2.29. The molecule has 0 bridgehead atoms. The smallest absolute Gasteiger partial charge is 0.219 e. The number of benzene rings is 1. The molecule has 2 heterocycles. The van der Waals surface area contributed by atoms with Gasteiger partial charge in [-0.1, -0.05) is 29.8 Å². The van der Waals surface area contributed by atoms with Crippen molar-refractivity contribution >= 4 is 17.3 Å². The highest BCUT2D eigenvalue weighted by Gasteiger charge is 2.19. The van der Waals surface area contributed by atoms with Gasteiger partial charge in [0, 0.05) is 32.6 Å². The number of nitrogens with zero attached hydrogens (tertiary/aromatic N) is 2. The molecule has 0 aliphatic carbocycles. The molecule has 0 atom stereocenters. The monoisotopic (exact) mass is 352 g/mol. The van der Waals surface area contributed by atoms with Crippen molar-refractivity contribution in [3.8, 4) is 0 Å². The molecular formula is C21H21FN2O2. The number of pyridine rings is 1. The van der Waals surface area contributed by atoms with Crippen molar-refractivity contribution in [1.82, 2.24) is 9.88 Å². The molecule has 1 aliphatic rings. The van der Waals surface area contributed by atoms with E-state index in [1.807, 2.05) is 29.2 Å². The first-order valence-electron chi connectivity index (χ1n) is 8.62. The molecule has 4 nitrogen and oxygen atoms in total. The molecule has 2 aromatic rings. The zero-order valence-electron chi connectivity index (χ0n) is 15.0. The number of hydrogen-bond acceptors (Lipinski definition) is 3. The summed E-state index contributed by atoms with van der Waals surface area (Å²) < 4.78 is 13.7. The zero-order chi connectivity index (χ0) is 18.7. The average Bonchev–Trinajstić information content (AvgIpc) is 2.63. The molecule has 1 amide bonds. The van der Waals surface area contributed by atoms with Crippen LogP contribution in [0.1, 0.15) is 41.8 Å². The first-order chi connectivity index (χ1) is 12.5. The van der Waals surface area contributed by atoms with E-state index in [4.69, 9.17) is 0 Å². The maximum atomic E-state index is 13.7. The van der Waals surface area contributed by atoms with Gasteiger partial charge in [0.15, 0.2) is 11.6 Å². The quantitative estimate of drug-likeness (QED) is 0.789. The van der Waals surface area contributed by atoms with Gasteiger partial charge in [0.05, 0.1) is 11.8 Å². The van der Waals surface area contributed by atoms with E-state index in [-0.39, 0.29) is 23.7 Å². The van der Waals surface area contributed by atoms with E-state index in [9.17, 15) is 14.0 Å². The Labute approximate surface area is 152 Å². The van der Waals surface area contributed by atoms with Gasteiger partial charge >= 0.3 is 0 Å². The molecule has 0 unspecified atom stereocenters. The second-order valence-corrected chi connectivity index (χ2v) is 6.60. The average molecular weight is 352 g/mol. The van der Waals surface area contributed by atoms with E-state index in [1.165, 1.54) is 17.8 Å². The predicted octanol–water partition coefficient (Wildman–Crippen LogP) is 3.67. The summed E-state index contributed by atoms with van der Waals surface area (Å²) in [5.41, 5.74) is 4.38. The fourth-order valence-electron chi connectivity index (χ4n) is 3.17. The number of Topliss-reactive ketones (excluding diaryl/α,β-unsaturated/α-hetero) is 1. The molecular weight excluding hydrogens is 331 g/mol. The summed E-state index contributed by atoms with van der Waals surface area (Å²) in [4.78, 5) is 29.4. The Kier molecular flexibility index (Phi) is 5.26. The first-order valence-corrected chi connectivity index (χ1v) is 8.62. The van der Waals surface area contributed by atoms with Gasteiger partial charge in [-0.25, -0.2) is 4.39 Å². The topological polar surface area (TPSA) is 50.3 Å². The minimum absolute atomic E-state index is 0.0620. The number of hydrogen-bond donors (Lipinski definition) is 0. The third-order valence-corrected chi connectivity index (χ3v) is 4.81. The van der Waals surface area contributed by atoms with Crippen LogP contribution in [-0.2, 0) is 11.2 Å². The number of aromatic nitrogens is 1. The predicted molar refractivity (Wildman–Crippen MR) is 98.1 cm³/mol. The number of amides is 1. The lowest BCUT2D eigenvalue weighted by molar-refractivity contribution is -0.128. The van der Waals surface area contributed by atoms with Gasteiger partial charge < -0.3 is 4.90 Å². The van der Waals surface area contributed by atoms with Crippen LogP contribution in [-0.4, -0.2) is 34.7 Å². The first kappa shape index (κ1) is 18.0. The van der Waals surface area contributed by atoms with E-state index in [0.717, 1.165) is 35.9 Å². The summed E-state index contributed by atoms with van der Waals surface area (Å²) in [6, 6.07) is 9.11. The van der Waals surface area contributed by atoms with E-state index in [2.05, 4.69) is 11.9 Å². The Bertz CT molecular complexity index is 872. The van der Waals surface area contributed by atoms with Crippen molar-refractivity contribution in [2.75, 3.05) is 13.1 Å². The number of carbonyl (C=O) groups excluding carboxylic acids is 2. The summed E-state index contributed by atoms with van der Waals surface area (Å²) in [7, 11) is 0. The molecule has 26 heavy (non-hydrogen) atoms. The number of halogens is 1. The molecule has 3 rings (SSSR count). The third kappa shape index (κ3) is 3.87. The zero-order valence-corrected chi connectivity index (χ0v) is 15.0. The molecule has 1 aromatic carbocycles. The van der Waals surface area contributed by atoms with Crippen molar-refractivity contribution in [2.24, 2.45) is 0 Å². The molecule has 0 saturated carbocycles. The van der Waals surface area contributed by atoms with Crippen molar-refractivity contribution in [3.05, 3.63) is 70.8 Å². The van der Waals surface area contributed by atoms with Crippen LogP contribution in [0.15, 0.2) is 48.3 Å². The molecule has 1 aromatic heterocycles. The molecule has 0 saturated heterocycles. The van der Waals surface area contributed by atoms with Gasteiger partial charge in [-0.3, -0.25) is 14.6 Å². The van der Waals surface area contributed by atoms with Crippen molar-refractivity contribution in [2.45, 2.75) is 26.7 Å². The highest BCUT2D eigenvalue weighted by Crippen LogP contribution is 2.27. The molecule has 0 N–H and O–H groups in total. The second kappa shape index (κ2) is 7.60. The molecule has 0 radical (unpaired) electrons. The van der Waals surface area contributed by atoms with Crippen molar-refractivity contribution in [1.29, 1.82) is 0 Å². The highest BCUT2D eigenvalue weighted by molar-refractivity contribution is 5.97. The number of rotatable bonds is 4. The fourth-order valence-corrected chi connectivity index (χ4v) is 3.17. The summed E-state index contributed by atoms with van der Waals surface area (Å²) in [6.07, 6.45) is 3.48. The highest BCUT2D eigenvalue weighted by atomic mass is 19.1. The third-order valence-electron chi connectivity index (χ3n) is 4.81. The Hall–Kier alpha value is -2.82. The number of ketones is 1. The van der Waals surface area contributed by atoms with Crippen LogP contribution < -0.4 is 0 Å². The summed E-state index contributed by atoms with van der Waals surface area (Å²) >= 11 is 0. The van der Waals surface area contributed by atoms with Crippen molar-refractivity contribution < 1.29 is 14.0 Å². The maximum absolute atomic E-state index is 13.7. The normalized spacial score (nSPS) is 14.5. The largest absolute Gasteiger partial charge is 0.338 e. The Morgan fingerprint density at radius 2 is 1.92 bits per heavy atom. The number of carbonyl (C=O) groups is 2. The van der Waals surface area contributed by atoms with Crippen LogP contribution in [0.4, 0.5) is 4.39 Å². The minimum Gasteiger partial charge on any atom is -0.338 e. The minimum atomic E-state index is -0.596. The van der Waals surface area contributed by atoms with Gasteiger partial charge in [0.1, 0.15) is 0 Å². The fraction of sp³-hybridized carbons (Fsp3) is 0.286. The molecule has 0 fully saturated rings. The van der Waals surface area contributed by atoms with Gasteiger partial charge in [-0.15, -0.1) is 0 Å². The van der Waals surface area contributed by atoms with Crippen LogP contribution >= 0.6 is 0 Å². The molecule has 0 spiro atoms. The van der Waals surface area contributed by atoms with Crippen LogP contribution in [0.25, 0.3) is 5.57 Å². The lowest BCUT2D eigenvalue weighted by Crippen LogP contribution is -2.34. The molecule has 134 valence electrons. The van der Waals surface area contributed by atoms with Crippen LogP contribution in [0, 0.1) is 5.82 Å². The van der Waals surface area contributed by atoms with E-state index in [1.54, 1.807) is 6.92 Å². The van der Waals surface area contributed by atoms with Gasteiger partial charge in [0.2, 0.25) is 5.91 Å². The van der Waals surface area contributed by atoms with Crippen LogP contribution in [0.3, 0.4) is 0 Å². The van der Waals surface area contributed by atoms with Crippen LogP contribution in [0.5, 0.6) is 0 Å². The van der Waals surface area contributed by atoms with Gasteiger partial charge in [-0.05, 0) is 36.1 Å². The van der Waals surface area contributed by atoms with Crippen LogP contribution in [0.2, 0.25) is 0 Å². The van der Waals surface area contributed by atoms with Crippen molar-refractivity contribution in [3.63, 3.8) is 0 Å². The Balaban J connectivity index is 1.75. The van der Waals surface area contributed by atoms with Gasteiger partial charge in [0.25, 0.3) is 0 Å². The summed E-state index contributed by atoms with van der Waals surface area (Å²) in [5.74, 6) is -0.786. The molecule has 1 aliphatic heterocycles. The van der Waals surface area contributed by atoms with E-state index < -0.39 is 5.82 Å². The Morgan fingerprint density at radius 3 is 2.58 bits per heavy atom. The molecule has 5 heteroatoms.